The Morgan fingerprint density at radius 2 is 2.00 bits per heavy atom. The summed E-state index contributed by atoms with van der Waals surface area (Å²) in [6.45, 7) is 1.60. The maximum Gasteiger partial charge on any atom is 0.319 e. The Kier molecular flexibility index (Phi) is 4.65. The number of aryl methyl sites for hydroxylation is 1. The summed E-state index contributed by atoms with van der Waals surface area (Å²) in [7, 11) is 3.21. The van der Waals surface area contributed by atoms with Crippen LogP contribution in [0, 0.1) is 12.7 Å². The summed E-state index contributed by atoms with van der Waals surface area (Å²) in [5.74, 6) is -0.567. The van der Waals surface area contributed by atoms with Gasteiger partial charge in [0.2, 0.25) is 5.91 Å². The van der Waals surface area contributed by atoms with E-state index in [1.54, 1.807) is 21.0 Å². The van der Waals surface area contributed by atoms with E-state index in [2.05, 4.69) is 10.6 Å². The molecule has 0 aromatic heterocycles. The van der Waals surface area contributed by atoms with E-state index in [-0.39, 0.29) is 18.3 Å². The third-order valence-electron chi connectivity index (χ3n) is 2.34. The van der Waals surface area contributed by atoms with Crippen LogP contribution in [-0.2, 0) is 4.79 Å². The van der Waals surface area contributed by atoms with Crippen LogP contribution in [0.3, 0.4) is 0 Å². The van der Waals surface area contributed by atoms with Crippen LogP contribution in [0.2, 0.25) is 0 Å². The molecule has 0 fully saturated rings. The SMILES string of the molecule is Cc1cc(F)ccc1NC(=O)NCC(=O)N(C)C. The highest BCUT2D eigenvalue weighted by Crippen LogP contribution is 2.15. The number of rotatable bonds is 3. The molecule has 0 aliphatic rings. The monoisotopic (exact) mass is 253 g/mol. The van der Waals surface area contributed by atoms with E-state index in [9.17, 15) is 14.0 Å². The first-order valence-corrected chi connectivity index (χ1v) is 5.41. The van der Waals surface area contributed by atoms with Gasteiger partial charge in [0.1, 0.15) is 5.82 Å². The predicted octanol–water partition coefficient (Wildman–Crippen LogP) is 1.34. The van der Waals surface area contributed by atoms with Crippen LogP contribution < -0.4 is 10.6 Å². The summed E-state index contributed by atoms with van der Waals surface area (Å²) >= 11 is 0. The van der Waals surface area contributed by atoms with E-state index in [4.69, 9.17) is 0 Å². The number of nitrogens with one attached hydrogen (secondary N) is 2. The number of carbonyl (C=O) groups is 2. The highest BCUT2D eigenvalue weighted by molar-refractivity contribution is 5.92. The minimum Gasteiger partial charge on any atom is -0.347 e. The first kappa shape index (κ1) is 14.0. The molecule has 1 aromatic carbocycles. The minimum atomic E-state index is -0.500. The molecule has 5 nitrogen and oxygen atoms in total. The zero-order chi connectivity index (χ0) is 13.7. The van der Waals surface area contributed by atoms with Crippen LogP contribution in [0.15, 0.2) is 18.2 Å². The lowest BCUT2D eigenvalue weighted by atomic mass is 10.2. The minimum absolute atomic E-state index is 0.0843. The van der Waals surface area contributed by atoms with Gasteiger partial charge in [-0.2, -0.15) is 0 Å². The van der Waals surface area contributed by atoms with E-state index in [1.807, 2.05) is 0 Å². The van der Waals surface area contributed by atoms with E-state index in [1.165, 1.54) is 23.1 Å². The molecule has 1 rings (SSSR count). The first-order chi connectivity index (χ1) is 8.40. The lowest BCUT2D eigenvalue weighted by Gasteiger charge is -2.12. The predicted molar refractivity (Wildman–Crippen MR) is 66.9 cm³/mol. The van der Waals surface area contributed by atoms with Gasteiger partial charge in [-0.25, -0.2) is 9.18 Å². The molecule has 0 radical (unpaired) electrons. The molecule has 98 valence electrons. The molecule has 0 saturated carbocycles. The van der Waals surface area contributed by atoms with Crippen LogP contribution in [0.5, 0.6) is 0 Å². The second-order valence-electron chi connectivity index (χ2n) is 4.06. The third kappa shape index (κ3) is 4.04. The molecule has 0 bridgehead atoms. The highest BCUT2D eigenvalue weighted by Gasteiger charge is 2.08. The van der Waals surface area contributed by atoms with Crippen molar-refractivity contribution in [1.82, 2.24) is 10.2 Å². The first-order valence-electron chi connectivity index (χ1n) is 5.41. The Balaban J connectivity index is 2.52. The summed E-state index contributed by atoms with van der Waals surface area (Å²) < 4.78 is 12.8. The lowest BCUT2D eigenvalue weighted by Crippen LogP contribution is -2.38. The zero-order valence-corrected chi connectivity index (χ0v) is 10.6. The van der Waals surface area contributed by atoms with E-state index in [0.717, 1.165) is 0 Å². The lowest BCUT2D eigenvalue weighted by molar-refractivity contribution is -0.127. The topological polar surface area (TPSA) is 61.4 Å². The Hall–Kier alpha value is -2.11. The summed E-state index contributed by atoms with van der Waals surface area (Å²) in [5.41, 5.74) is 1.12. The van der Waals surface area contributed by atoms with Crippen molar-refractivity contribution in [3.05, 3.63) is 29.6 Å². The average Bonchev–Trinajstić information content (AvgIpc) is 2.29. The van der Waals surface area contributed by atoms with Gasteiger partial charge >= 0.3 is 6.03 Å². The van der Waals surface area contributed by atoms with Gasteiger partial charge in [0.05, 0.1) is 6.54 Å². The van der Waals surface area contributed by atoms with Crippen molar-refractivity contribution in [3.8, 4) is 0 Å². The smallest absolute Gasteiger partial charge is 0.319 e. The summed E-state index contributed by atoms with van der Waals surface area (Å²) in [6.07, 6.45) is 0. The average molecular weight is 253 g/mol. The second-order valence-corrected chi connectivity index (χ2v) is 4.06. The number of likely N-dealkylation sites (N-methyl/N-ethyl adjacent to an activating group) is 1. The fourth-order valence-corrected chi connectivity index (χ4v) is 1.25. The molecule has 1 aromatic rings. The molecule has 18 heavy (non-hydrogen) atoms. The molecular formula is C12H16FN3O2. The van der Waals surface area contributed by atoms with E-state index in [0.29, 0.717) is 11.3 Å². The molecule has 6 heteroatoms. The number of carbonyl (C=O) groups excluding carboxylic acids is 2. The Bertz CT molecular complexity index is 461. The molecule has 3 amide bonds. The van der Waals surface area contributed by atoms with Crippen molar-refractivity contribution >= 4 is 17.6 Å². The van der Waals surface area contributed by atoms with Gasteiger partial charge in [-0.15, -0.1) is 0 Å². The second kappa shape index (κ2) is 6.00. The van der Waals surface area contributed by atoms with E-state index >= 15 is 0 Å². The molecular weight excluding hydrogens is 237 g/mol. The molecule has 0 aliphatic heterocycles. The number of anilines is 1. The quantitative estimate of drug-likeness (QED) is 0.854. The van der Waals surface area contributed by atoms with Gasteiger partial charge in [-0.3, -0.25) is 4.79 Å². The molecule has 0 heterocycles. The Morgan fingerprint density at radius 1 is 1.33 bits per heavy atom. The van der Waals surface area contributed by atoms with Gasteiger partial charge in [-0.05, 0) is 30.7 Å². The number of amides is 3. The summed E-state index contributed by atoms with van der Waals surface area (Å²) in [5, 5.41) is 4.96. The molecule has 0 unspecified atom stereocenters. The highest BCUT2D eigenvalue weighted by atomic mass is 19.1. The molecule has 0 saturated heterocycles. The molecule has 0 atom stereocenters. The number of halogens is 1. The van der Waals surface area contributed by atoms with Crippen molar-refractivity contribution in [2.45, 2.75) is 6.92 Å². The Labute approximate surface area is 105 Å². The number of hydrogen-bond acceptors (Lipinski definition) is 2. The van der Waals surface area contributed by atoms with Crippen molar-refractivity contribution in [2.24, 2.45) is 0 Å². The van der Waals surface area contributed by atoms with Crippen molar-refractivity contribution < 1.29 is 14.0 Å². The van der Waals surface area contributed by atoms with Gasteiger partial charge in [0.15, 0.2) is 0 Å². The summed E-state index contributed by atoms with van der Waals surface area (Å²) in [6, 6.07) is 3.55. The molecule has 0 aliphatic carbocycles. The van der Waals surface area contributed by atoms with Gasteiger partial charge in [-0.1, -0.05) is 0 Å². The van der Waals surface area contributed by atoms with Crippen LogP contribution in [0.1, 0.15) is 5.56 Å². The van der Waals surface area contributed by atoms with Crippen LogP contribution in [0.4, 0.5) is 14.9 Å². The zero-order valence-electron chi connectivity index (χ0n) is 10.6. The molecule has 0 spiro atoms. The van der Waals surface area contributed by atoms with Crippen LogP contribution in [-0.4, -0.2) is 37.5 Å². The van der Waals surface area contributed by atoms with Gasteiger partial charge in [0, 0.05) is 19.8 Å². The fraction of sp³-hybridized carbons (Fsp3) is 0.333. The van der Waals surface area contributed by atoms with Gasteiger partial charge in [0.25, 0.3) is 0 Å². The largest absolute Gasteiger partial charge is 0.347 e. The van der Waals surface area contributed by atoms with Crippen LogP contribution >= 0.6 is 0 Å². The van der Waals surface area contributed by atoms with Crippen molar-refractivity contribution in [3.63, 3.8) is 0 Å². The molecule has 2 N–H and O–H groups in total. The fourth-order valence-electron chi connectivity index (χ4n) is 1.25. The maximum absolute atomic E-state index is 12.8. The van der Waals surface area contributed by atoms with E-state index < -0.39 is 6.03 Å². The number of hydrogen-bond donors (Lipinski definition) is 2. The number of benzene rings is 1. The summed E-state index contributed by atoms with van der Waals surface area (Å²) in [4.78, 5) is 24.1. The van der Waals surface area contributed by atoms with Crippen LogP contribution in [0.25, 0.3) is 0 Å². The van der Waals surface area contributed by atoms with Crippen molar-refractivity contribution in [1.29, 1.82) is 0 Å². The Morgan fingerprint density at radius 3 is 2.56 bits per heavy atom. The number of urea groups is 1. The number of nitrogens with zero attached hydrogens (tertiary/aromatic N) is 1. The standard InChI is InChI=1S/C12H16FN3O2/c1-8-6-9(13)4-5-10(8)15-12(18)14-7-11(17)16(2)3/h4-6H,7H2,1-3H3,(H2,14,15,18). The van der Waals surface area contributed by atoms with Crippen molar-refractivity contribution in [2.75, 3.05) is 26.0 Å². The third-order valence-corrected chi connectivity index (χ3v) is 2.34. The van der Waals surface area contributed by atoms with Gasteiger partial charge < -0.3 is 15.5 Å². The normalized spacial score (nSPS) is 9.78. The maximum atomic E-state index is 12.8.